The van der Waals surface area contributed by atoms with Gasteiger partial charge in [0.1, 0.15) is 5.82 Å². The summed E-state index contributed by atoms with van der Waals surface area (Å²) in [5.74, 6) is 0.866. The quantitative estimate of drug-likeness (QED) is 0.766. The van der Waals surface area contributed by atoms with E-state index in [1.807, 2.05) is 12.1 Å². The van der Waals surface area contributed by atoms with Gasteiger partial charge in [-0.25, -0.2) is 4.98 Å². The number of pyridine rings is 1. The average molecular weight is 266 g/mol. The van der Waals surface area contributed by atoms with Crippen LogP contribution < -0.4 is 5.73 Å². The van der Waals surface area contributed by atoms with Crippen LogP contribution in [0.5, 0.6) is 0 Å². The highest BCUT2D eigenvalue weighted by Gasteiger charge is 2.19. The van der Waals surface area contributed by atoms with Crippen LogP contribution in [0.25, 0.3) is 22.4 Å². The molecule has 0 spiro atoms. The predicted molar refractivity (Wildman–Crippen MR) is 81.4 cm³/mol. The van der Waals surface area contributed by atoms with Gasteiger partial charge in [-0.05, 0) is 29.8 Å². The normalized spacial score (nSPS) is 11.9. The SMILES string of the molecule is CC(C)(CN)c1ccc2[nH]c(-c3ccncc3)nc2c1. The lowest BCUT2D eigenvalue weighted by molar-refractivity contribution is 0.539. The molecule has 0 saturated heterocycles. The summed E-state index contributed by atoms with van der Waals surface area (Å²) in [5.41, 5.74) is 10.1. The first-order valence-electron chi connectivity index (χ1n) is 6.71. The fraction of sp³-hybridized carbons (Fsp3) is 0.250. The maximum Gasteiger partial charge on any atom is 0.138 e. The minimum Gasteiger partial charge on any atom is -0.338 e. The maximum absolute atomic E-state index is 5.84. The van der Waals surface area contributed by atoms with Gasteiger partial charge in [0.15, 0.2) is 0 Å². The second-order valence-corrected chi connectivity index (χ2v) is 5.64. The second kappa shape index (κ2) is 4.72. The Morgan fingerprint density at radius 3 is 2.60 bits per heavy atom. The van der Waals surface area contributed by atoms with Crippen LogP contribution in [0.15, 0.2) is 42.7 Å². The lowest BCUT2D eigenvalue weighted by Crippen LogP contribution is -2.27. The van der Waals surface area contributed by atoms with Crippen LogP contribution in [0.1, 0.15) is 19.4 Å². The van der Waals surface area contributed by atoms with Crippen LogP contribution in [0.3, 0.4) is 0 Å². The number of nitrogens with zero attached hydrogens (tertiary/aromatic N) is 2. The van der Waals surface area contributed by atoms with E-state index < -0.39 is 0 Å². The average Bonchev–Trinajstić information content (AvgIpc) is 2.91. The predicted octanol–water partition coefficient (Wildman–Crippen LogP) is 2.86. The molecule has 4 nitrogen and oxygen atoms in total. The standard InChI is InChI=1S/C16H18N4/c1-16(2,10-17)12-3-4-13-14(9-12)20-15(19-13)11-5-7-18-8-6-11/h3-9H,10,17H2,1-2H3,(H,19,20). The number of hydrogen-bond acceptors (Lipinski definition) is 3. The first-order chi connectivity index (χ1) is 9.60. The van der Waals surface area contributed by atoms with Crippen molar-refractivity contribution >= 4 is 11.0 Å². The zero-order valence-corrected chi connectivity index (χ0v) is 11.7. The van der Waals surface area contributed by atoms with Crippen molar-refractivity contribution < 1.29 is 0 Å². The van der Waals surface area contributed by atoms with Gasteiger partial charge in [-0.2, -0.15) is 0 Å². The van der Waals surface area contributed by atoms with Crippen molar-refractivity contribution in [1.29, 1.82) is 0 Å². The van der Waals surface area contributed by atoms with Gasteiger partial charge >= 0.3 is 0 Å². The highest BCUT2D eigenvalue weighted by atomic mass is 14.9. The second-order valence-electron chi connectivity index (χ2n) is 5.64. The Morgan fingerprint density at radius 2 is 1.90 bits per heavy atom. The molecule has 0 bridgehead atoms. The van der Waals surface area contributed by atoms with E-state index in [4.69, 9.17) is 5.73 Å². The Kier molecular flexibility index (Phi) is 3.03. The van der Waals surface area contributed by atoms with E-state index in [1.165, 1.54) is 5.56 Å². The molecule has 3 aromatic rings. The third kappa shape index (κ3) is 2.18. The van der Waals surface area contributed by atoms with Crippen molar-refractivity contribution in [2.75, 3.05) is 6.54 Å². The third-order valence-corrected chi connectivity index (χ3v) is 3.73. The molecule has 0 aliphatic heterocycles. The summed E-state index contributed by atoms with van der Waals surface area (Å²) in [6.07, 6.45) is 3.54. The van der Waals surface area contributed by atoms with Crippen molar-refractivity contribution in [2.45, 2.75) is 19.3 Å². The number of imidazole rings is 1. The number of rotatable bonds is 3. The molecule has 20 heavy (non-hydrogen) atoms. The van der Waals surface area contributed by atoms with E-state index in [0.29, 0.717) is 6.54 Å². The molecule has 0 radical (unpaired) electrons. The number of benzene rings is 1. The maximum atomic E-state index is 5.84. The molecule has 2 aromatic heterocycles. The van der Waals surface area contributed by atoms with Gasteiger partial charge in [0.05, 0.1) is 11.0 Å². The molecule has 0 amide bonds. The number of aromatic amines is 1. The molecule has 0 fully saturated rings. The van der Waals surface area contributed by atoms with Crippen molar-refractivity contribution in [2.24, 2.45) is 5.73 Å². The molecular weight excluding hydrogens is 248 g/mol. The zero-order chi connectivity index (χ0) is 14.2. The van der Waals surface area contributed by atoms with Crippen molar-refractivity contribution in [3.05, 3.63) is 48.3 Å². The minimum absolute atomic E-state index is 0.0377. The molecule has 1 aromatic carbocycles. The van der Waals surface area contributed by atoms with Crippen molar-refractivity contribution in [3.8, 4) is 11.4 Å². The molecule has 0 unspecified atom stereocenters. The van der Waals surface area contributed by atoms with Crippen molar-refractivity contribution in [1.82, 2.24) is 15.0 Å². The number of H-pyrrole nitrogens is 1. The number of fused-ring (bicyclic) bond motifs is 1. The van der Waals surface area contributed by atoms with Gasteiger partial charge in [-0.15, -0.1) is 0 Å². The number of nitrogens with two attached hydrogens (primary N) is 1. The molecular formula is C16H18N4. The molecule has 2 heterocycles. The Bertz CT molecular complexity index is 729. The Morgan fingerprint density at radius 1 is 1.15 bits per heavy atom. The van der Waals surface area contributed by atoms with Gasteiger partial charge in [0.25, 0.3) is 0 Å². The van der Waals surface area contributed by atoms with Crippen LogP contribution >= 0.6 is 0 Å². The summed E-state index contributed by atoms with van der Waals surface area (Å²) in [5, 5.41) is 0. The fourth-order valence-electron chi connectivity index (χ4n) is 2.19. The summed E-state index contributed by atoms with van der Waals surface area (Å²) in [4.78, 5) is 12.0. The van der Waals surface area contributed by atoms with Gasteiger partial charge in [-0.3, -0.25) is 4.98 Å². The summed E-state index contributed by atoms with van der Waals surface area (Å²) >= 11 is 0. The van der Waals surface area contributed by atoms with Crippen LogP contribution in [-0.4, -0.2) is 21.5 Å². The van der Waals surface area contributed by atoms with Crippen LogP contribution in [0, 0.1) is 0 Å². The Balaban J connectivity index is 2.09. The number of nitrogens with one attached hydrogen (secondary N) is 1. The molecule has 0 aliphatic carbocycles. The van der Waals surface area contributed by atoms with E-state index >= 15 is 0 Å². The monoisotopic (exact) mass is 266 g/mol. The van der Waals surface area contributed by atoms with Crippen LogP contribution in [0.2, 0.25) is 0 Å². The van der Waals surface area contributed by atoms with Gasteiger partial charge in [0.2, 0.25) is 0 Å². The van der Waals surface area contributed by atoms with E-state index in [0.717, 1.165) is 22.4 Å². The molecule has 0 atom stereocenters. The number of aromatic nitrogens is 3. The largest absolute Gasteiger partial charge is 0.338 e. The molecule has 0 aliphatic rings. The summed E-state index contributed by atoms with van der Waals surface area (Å²) in [6, 6.07) is 10.2. The van der Waals surface area contributed by atoms with E-state index in [1.54, 1.807) is 12.4 Å². The van der Waals surface area contributed by atoms with Gasteiger partial charge < -0.3 is 10.7 Å². The van der Waals surface area contributed by atoms with Gasteiger partial charge in [0, 0.05) is 29.9 Å². The molecule has 102 valence electrons. The first-order valence-corrected chi connectivity index (χ1v) is 6.71. The van der Waals surface area contributed by atoms with E-state index in [2.05, 4.69) is 47.0 Å². The number of hydrogen-bond donors (Lipinski definition) is 2. The third-order valence-electron chi connectivity index (χ3n) is 3.73. The highest BCUT2D eigenvalue weighted by Crippen LogP contribution is 2.26. The van der Waals surface area contributed by atoms with E-state index in [9.17, 15) is 0 Å². The lowest BCUT2D eigenvalue weighted by Gasteiger charge is -2.22. The summed E-state index contributed by atoms with van der Waals surface area (Å²) in [7, 11) is 0. The Labute approximate surface area is 118 Å². The molecule has 3 N–H and O–H groups in total. The summed E-state index contributed by atoms with van der Waals surface area (Å²) in [6.45, 7) is 4.90. The van der Waals surface area contributed by atoms with Crippen LogP contribution in [-0.2, 0) is 5.41 Å². The first kappa shape index (κ1) is 12.8. The Hall–Kier alpha value is -2.20. The lowest BCUT2D eigenvalue weighted by atomic mass is 9.85. The van der Waals surface area contributed by atoms with Crippen LogP contribution in [0.4, 0.5) is 0 Å². The highest BCUT2D eigenvalue weighted by molar-refractivity contribution is 5.80. The summed E-state index contributed by atoms with van der Waals surface area (Å²) < 4.78 is 0. The molecule has 0 saturated carbocycles. The minimum atomic E-state index is -0.0377. The van der Waals surface area contributed by atoms with Gasteiger partial charge in [-0.1, -0.05) is 19.9 Å². The fourth-order valence-corrected chi connectivity index (χ4v) is 2.19. The molecule has 3 rings (SSSR count). The smallest absolute Gasteiger partial charge is 0.138 e. The zero-order valence-electron chi connectivity index (χ0n) is 11.7. The molecule has 4 heteroatoms. The van der Waals surface area contributed by atoms with Crippen molar-refractivity contribution in [3.63, 3.8) is 0 Å². The topological polar surface area (TPSA) is 67.6 Å². The van der Waals surface area contributed by atoms with E-state index in [-0.39, 0.29) is 5.41 Å².